The third kappa shape index (κ3) is 3.13. The summed E-state index contributed by atoms with van der Waals surface area (Å²) in [5, 5.41) is 2.99. The van der Waals surface area contributed by atoms with Crippen LogP contribution in [0.5, 0.6) is 0 Å². The van der Waals surface area contributed by atoms with Crippen molar-refractivity contribution in [1.82, 2.24) is 20.2 Å². The lowest BCUT2D eigenvalue weighted by molar-refractivity contribution is -0.127. The summed E-state index contributed by atoms with van der Waals surface area (Å²) in [6, 6.07) is 5.09. The van der Waals surface area contributed by atoms with Crippen LogP contribution in [0.3, 0.4) is 0 Å². The van der Waals surface area contributed by atoms with Crippen LogP contribution in [0.15, 0.2) is 43.0 Å². The number of aryl methyl sites for hydroxylation is 1. The number of rotatable bonds is 4. The first kappa shape index (κ1) is 16.1. The molecular formula is C18H20N4O2. The van der Waals surface area contributed by atoms with E-state index in [-0.39, 0.29) is 30.3 Å². The Kier molecular flexibility index (Phi) is 4.55. The van der Waals surface area contributed by atoms with Crippen molar-refractivity contribution in [3.8, 4) is 0 Å². The van der Waals surface area contributed by atoms with Crippen molar-refractivity contribution in [3.05, 3.63) is 59.7 Å². The first-order chi connectivity index (χ1) is 11.6. The predicted molar refractivity (Wildman–Crippen MR) is 89.2 cm³/mol. The highest BCUT2D eigenvalue weighted by atomic mass is 16.2. The number of likely N-dealkylation sites (tertiary alicyclic amines) is 1. The molecule has 1 aliphatic rings. The van der Waals surface area contributed by atoms with Crippen LogP contribution in [-0.4, -0.2) is 39.8 Å². The maximum Gasteiger partial charge on any atom is 0.253 e. The Balaban J connectivity index is 1.82. The van der Waals surface area contributed by atoms with E-state index in [1.54, 1.807) is 36.7 Å². The monoisotopic (exact) mass is 324 g/mol. The minimum atomic E-state index is -0.288. The topological polar surface area (TPSA) is 75.2 Å². The van der Waals surface area contributed by atoms with E-state index in [2.05, 4.69) is 15.3 Å². The van der Waals surface area contributed by atoms with Crippen molar-refractivity contribution in [2.75, 3.05) is 7.05 Å². The summed E-state index contributed by atoms with van der Waals surface area (Å²) in [6.45, 7) is 2.02. The minimum absolute atomic E-state index is 0.00888. The molecule has 0 unspecified atom stereocenters. The van der Waals surface area contributed by atoms with Crippen molar-refractivity contribution in [3.63, 3.8) is 0 Å². The number of carbonyl (C=O) groups excluding carboxylic acids is 2. The molecule has 0 saturated carbocycles. The minimum Gasteiger partial charge on any atom is -0.346 e. The smallest absolute Gasteiger partial charge is 0.253 e. The molecule has 2 atom stereocenters. The van der Waals surface area contributed by atoms with Crippen LogP contribution in [0.25, 0.3) is 0 Å². The quantitative estimate of drug-likeness (QED) is 0.929. The van der Waals surface area contributed by atoms with Gasteiger partial charge in [-0.1, -0.05) is 13.0 Å². The van der Waals surface area contributed by atoms with Crippen LogP contribution in [0.1, 0.15) is 40.9 Å². The average molecular weight is 324 g/mol. The fourth-order valence-corrected chi connectivity index (χ4v) is 3.06. The number of carbonyl (C=O) groups is 2. The molecule has 0 aliphatic carbocycles. The highest BCUT2D eigenvalue weighted by Gasteiger charge is 2.39. The van der Waals surface area contributed by atoms with Gasteiger partial charge in [-0.05, 0) is 29.7 Å². The third-order valence-electron chi connectivity index (χ3n) is 4.39. The Morgan fingerprint density at radius 1 is 1.33 bits per heavy atom. The Hall–Kier alpha value is -2.76. The zero-order chi connectivity index (χ0) is 17.1. The molecule has 0 aromatic carbocycles. The van der Waals surface area contributed by atoms with Crippen molar-refractivity contribution in [2.45, 2.75) is 31.8 Å². The highest BCUT2D eigenvalue weighted by Crippen LogP contribution is 2.31. The summed E-state index contributed by atoms with van der Waals surface area (Å²) in [6.07, 6.45) is 7.82. The summed E-state index contributed by atoms with van der Waals surface area (Å²) in [7, 11) is 1.76. The van der Waals surface area contributed by atoms with E-state index in [1.165, 1.54) is 0 Å². The van der Waals surface area contributed by atoms with E-state index in [4.69, 9.17) is 0 Å². The number of likely N-dealkylation sites (N-methyl/N-ethyl adjacent to an activating group) is 1. The highest BCUT2D eigenvalue weighted by molar-refractivity contribution is 5.95. The molecule has 24 heavy (non-hydrogen) atoms. The van der Waals surface area contributed by atoms with Gasteiger partial charge >= 0.3 is 0 Å². The molecule has 124 valence electrons. The largest absolute Gasteiger partial charge is 0.346 e. The third-order valence-corrected chi connectivity index (χ3v) is 4.39. The van der Waals surface area contributed by atoms with Crippen molar-refractivity contribution < 1.29 is 9.59 Å². The van der Waals surface area contributed by atoms with Crippen LogP contribution < -0.4 is 5.32 Å². The molecule has 0 spiro atoms. The summed E-state index contributed by atoms with van der Waals surface area (Å²) >= 11 is 0. The molecule has 1 N–H and O–H groups in total. The van der Waals surface area contributed by atoms with E-state index in [1.807, 2.05) is 25.1 Å². The number of nitrogens with one attached hydrogen (secondary N) is 1. The van der Waals surface area contributed by atoms with Crippen LogP contribution in [0, 0.1) is 0 Å². The van der Waals surface area contributed by atoms with Crippen LogP contribution in [0.2, 0.25) is 0 Å². The number of hydrogen-bond donors (Lipinski definition) is 1. The predicted octanol–water partition coefficient (Wildman–Crippen LogP) is 1.74. The molecule has 2 aromatic heterocycles. The maximum absolute atomic E-state index is 12.6. The summed E-state index contributed by atoms with van der Waals surface area (Å²) in [5.74, 6) is -0.200. The number of hydrogen-bond acceptors (Lipinski definition) is 4. The summed E-state index contributed by atoms with van der Waals surface area (Å²) in [5.41, 5.74) is 2.43. The van der Waals surface area contributed by atoms with Gasteiger partial charge in [-0.2, -0.15) is 0 Å². The zero-order valence-corrected chi connectivity index (χ0v) is 13.8. The number of pyridine rings is 2. The lowest BCUT2D eigenvalue weighted by Crippen LogP contribution is -2.39. The van der Waals surface area contributed by atoms with Gasteiger partial charge in [0, 0.05) is 38.3 Å². The Morgan fingerprint density at radius 3 is 2.88 bits per heavy atom. The van der Waals surface area contributed by atoms with E-state index >= 15 is 0 Å². The van der Waals surface area contributed by atoms with Gasteiger partial charge in [-0.15, -0.1) is 0 Å². The molecule has 6 nitrogen and oxygen atoms in total. The average Bonchev–Trinajstić information content (AvgIpc) is 2.89. The molecule has 0 bridgehead atoms. The van der Waals surface area contributed by atoms with Gasteiger partial charge in [0.2, 0.25) is 5.91 Å². The lowest BCUT2D eigenvalue weighted by atomic mass is 10.0. The number of aromatic nitrogens is 2. The normalized spacial score (nSPS) is 20.2. The van der Waals surface area contributed by atoms with E-state index < -0.39 is 0 Å². The summed E-state index contributed by atoms with van der Waals surface area (Å²) < 4.78 is 0. The molecule has 1 aliphatic heterocycles. The van der Waals surface area contributed by atoms with Crippen molar-refractivity contribution in [1.29, 1.82) is 0 Å². The summed E-state index contributed by atoms with van der Waals surface area (Å²) in [4.78, 5) is 34.6. The van der Waals surface area contributed by atoms with E-state index in [9.17, 15) is 9.59 Å². The molecule has 0 radical (unpaired) electrons. The van der Waals surface area contributed by atoms with Gasteiger partial charge in [0.1, 0.15) is 0 Å². The van der Waals surface area contributed by atoms with E-state index in [0.29, 0.717) is 5.56 Å². The first-order valence-electron chi connectivity index (χ1n) is 8.00. The second-order valence-corrected chi connectivity index (χ2v) is 5.96. The molecule has 2 aromatic rings. The lowest BCUT2D eigenvalue weighted by Gasteiger charge is -2.25. The van der Waals surface area contributed by atoms with Crippen LogP contribution in [-0.2, 0) is 11.2 Å². The SMILES string of the molecule is CCc1cncc(C(=O)N[C@@H]2CC(=O)N(C)[C@H]2c2cccnc2)c1. The van der Waals surface area contributed by atoms with E-state index in [0.717, 1.165) is 17.5 Å². The number of amides is 2. The van der Waals surface area contributed by atoms with Gasteiger partial charge in [-0.25, -0.2) is 0 Å². The molecule has 3 heterocycles. The standard InChI is InChI=1S/C18H20N4O2/c1-3-12-7-14(11-20-9-12)18(24)21-15-8-16(23)22(2)17(15)13-5-4-6-19-10-13/h4-7,9-11,15,17H,3,8H2,1-2H3,(H,21,24)/t15-,17+/m1/s1. The Morgan fingerprint density at radius 2 is 2.17 bits per heavy atom. The molecule has 3 rings (SSSR count). The van der Waals surface area contributed by atoms with Crippen molar-refractivity contribution >= 4 is 11.8 Å². The van der Waals surface area contributed by atoms with Gasteiger partial charge < -0.3 is 10.2 Å². The second-order valence-electron chi connectivity index (χ2n) is 5.96. The second kappa shape index (κ2) is 6.78. The van der Waals surface area contributed by atoms with Crippen molar-refractivity contribution in [2.24, 2.45) is 0 Å². The molecule has 1 fully saturated rings. The zero-order valence-electron chi connectivity index (χ0n) is 13.8. The molecule has 6 heteroatoms. The van der Waals surface area contributed by atoms with Gasteiger partial charge in [0.15, 0.2) is 0 Å². The first-order valence-corrected chi connectivity index (χ1v) is 8.00. The maximum atomic E-state index is 12.6. The molecular weight excluding hydrogens is 304 g/mol. The fraction of sp³-hybridized carbons (Fsp3) is 0.333. The van der Waals surface area contributed by atoms with Crippen LogP contribution in [0.4, 0.5) is 0 Å². The van der Waals surface area contributed by atoms with Gasteiger partial charge in [-0.3, -0.25) is 19.6 Å². The number of nitrogens with zero attached hydrogens (tertiary/aromatic N) is 3. The molecule has 2 amide bonds. The Bertz CT molecular complexity index is 748. The Labute approximate surface area is 140 Å². The van der Waals surface area contributed by atoms with Gasteiger partial charge in [0.25, 0.3) is 5.91 Å². The molecule has 1 saturated heterocycles. The fourth-order valence-electron chi connectivity index (χ4n) is 3.06. The van der Waals surface area contributed by atoms with Crippen LogP contribution >= 0.6 is 0 Å². The van der Waals surface area contributed by atoms with Gasteiger partial charge in [0.05, 0.1) is 17.6 Å².